The molecular formula is C11H20BrN3. The van der Waals surface area contributed by atoms with Gasteiger partial charge < -0.3 is 0 Å². The summed E-state index contributed by atoms with van der Waals surface area (Å²) in [4.78, 5) is 2.42. The second kappa shape index (κ2) is 5.12. The molecular weight excluding hydrogens is 254 g/mol. The van der Waals surface area contributed by atoms with Gasteiger partial charge in [-0.3, -0.25) is 9.58 Å². The average Bonchev–Trinajstić information content (AvgIpc) is 2.39. The quantitative estimate of drug-likeness (QED) is 0.841. The molecule has 0 radical (unpaired) electrons. The molecule has 1 heterocycles. The van der Waals surface area contributed by atoms with Crippen molar-refractivity contribution in [2.45, 2.75) is 40.3 Å². The number of aryl methyl sites for hydroxylation is 2. The summed E-state index contributed by atoms with van der Waals surface area (Å²) in [5.41, 5.74) is 2.32. The predicted octanol–water partition coefficient (Wildman–Crippen LogP) is 2.72. The van der Waals surface area contributed by atoms with E-state index < -0.39 is 0 Å². The lowest BCUT2D eigenvalue weighted by Crippen LogP contribution is -2.30. The largest absolute Gasteiger partial charge is 0.295 e. The highest BCUT2D eigenvalue weighted by atomic mass is 79.9. The molecule has 0 aliphatic heterocycles. The molecule has 0 aliphatic rings. The van der Waals surface area contributed by atoms with Crippen LogP contribution in [0, 0.1) is 6.92 Å². The van der Waals surface area contributed by atoms with Gasteiger partial charge >= 0.3 is 0 Å². The Morgan fingerprint density at radius 2 is 2.07 bits per heavy atom. The Balaban J connectivity index is 2.88. The third-order valence-electron chi connectivity index (χ3n) is 2.75. The van der Waals surface area contributed by atoms with E-state index >= 15 is 0 Å². The molecule has 4 heteroatoms. The Hall–Kier alpha value is -0.350. The van der Waals surface area contributed by atoms with Crippen LogP contribution in [0.4, 0.5) is 0 Å². The van der Waals surface area contributed by atoms with Crippen molar-refractivity contribution in [2.24, 2.45) is 7.05 Å². The molecule has 0 aliphatic carbocycles. The van der Waals surface area contributed by atoms with Crippen molar-refractivity contribution in [1.82, 2.24) is 14.7 Å². The van der Waals surface area contributed by atoms with Gasteiger partial charge in [-0.15, -0.1) is 0 Å². The van der Waals surface area contributed by atoms with Crippen LogP contribution in [0.3, 0.4) is 0 Å². The lowest BCUT2D eigenvalue weighted by molar-refractivity contribution is 0.219. The minimum Gasteiger partial charge on any atom is -0.295 e. The average molecular weight is 274 g/mol. The molecule has 0 fully saturated rings. The summed E-state index contributed by atoms with van der Waals surface area (Å²) in [5, 5.41) is 4.40. The Morgan fingerprint density at radius 1 is 1.47 bits per heavy atom. The van der Waals surface area contributed by atoms with Crippen molar-refractivity contribution >= 4 is 15.9 Å². The zero-order chi connectivity index (χ0) is 11.6. The van der Waals surface area contributed by atoms with Crippen LogP contribution in [0.25, 0.3) is 0 Å². The lowest BCUT2D eigenvalue weighted by Gasteiger charge is -2.24. The fourth-order valence-electron chi connectivity index (χ4n) is 1.70. The zero-order valence-electron chi connectivity index (χ0n) is 10.2. The van der Waals surface area contributed by atoms with E-state index in [4.69, 9.17) is 0 Å². The number of aromatic nitrogens is 2. The van der Waals surface area contributed by atoms with E-state index in [0.717, 1.165) is 23.3 Å². The van der Waals surface area contributed by atoms with Gasteiger partial charge in [-0.1, -0.05) is 6.92 Å². The monoisotopic (exact) mass is 273 g/mol. The predicted molar refractivity (Wildman–Crippen MR) is 66.9 cm³/mol. The molecule has 86 valence electrons. The van der Waals surface area contributed by atoms with Crippen LogP contribution in [0.1, 0.15) is 32.2 Å². The van der Waals surface area contributed by atoms with E-state index in [-0.39, 0.29) is 0 Å². The SMILES string of the molecule is CCN(Cc1c(Br)c(C)nn1C)C(C)C. The highest BCUT2D eigenvalue weighted by Gasteiger charge is 2.15. The molecule has 0 saturated heterocycles. The standard InChI is InChI=1S/C11H20BrN3/c1-6-15(8(2)3)7-10-11(12)9(4)13-14(10)5/h8H,6-7H2,1-5H3. The summed E-state index contributed by atoms with van der Waals surface area (Å²) in [6.07, 6.45) is 0. The first-order valence-electron chi connectivity index (χ1n) is 5.39. The van der Waals surface area contributed by atoms with Crippen LogP contribution >= 0.6 is 15.9 Å². The van der Waals surface area contributed by atoms with Gasteiger partial charge in [0.1, 0.15) is 0 Å². The Morgan fingerprint density at radius 3 is 2.40 bits per heavy atom. The van der Waals surface area contributed by atoms with Crippen LogP contribution < -0.4 is 0 Å². The van der Waals surface area contributed by atoms with Gasteiger partial charge in [-0.25, -0.2) is 0 Å². The number of nitrogens with zero attached hydrogens (tertiary/aromatic N) is 3. The minimum absolute atomic E-state index is 0.567. The van der Waals surface area contributed by atoms with Crippen molar-refractivity contribution in [3.8, 4) is 0 Å². The first-order chi connectivity index (χ1) is 6.97. The smallest absolute Gasteiger partial charge is 0.0739 e. The normalized spacial score (nSPS) is 11.7. The van der Waals surface area contributed by atoms with Gasteiger partial charge in [-0.2, -0.15) is 5.10 Å². The molecule has 0 aromatic carbocycles. The summed E-state index contributed by atoms with van der Waals surface area (Å²) < 4.78 is 3.11. The first kappa shape index (κ1) is 12.7. The van der Waals surface area contributed by atoms with Gasteiger partial charge in [-0.05, 0) is 43.2 Å². The summed E-state index contributed by atoms with van der Waals surface area (Å²) in [6, 6.07) is 0.567. The number of halogens is 1. The number of hydrogen-bond donors (Lipinski definition) is 0. The molecule has 1 rings (SSSR count). The second-order valence-corrected chi connectivity index (χ2v) is 4.92. The molecule has 15 heavy (non-hydrogen) atoms. The summed E-state index contributed by atoms with van der Waals surface area (Å²) in [6.45, 7) is 10.7. The molecule has 0 N–H and O–H groups in total. The maximum atomic E-state index is 4.40. The van der Waals surface area contributed by atoms with Crippen molar-refractivity contribution in [2.75, 3.05) is 6.54 Å². The van der Waals surface area contributed by atoms with Crippen LogP contribution in [0.2, 0.25) is 0 Å². The third kappa shape index (κ3) is 2.82. The topological polar surface area (TPSA) is 21.1 Å². The van der Waals surface area contributed by atoms with E-state index in [2.05, 4.69) is 46.7 Å². The van der Waals surface area contributed by atoms with E-state index in [1.807, 2.05) is 18.7 Å². The lowest BCUT2D eigenvalue weighted by atomic mass is 10.2. The number of hydrogen-bond acceptors (Lipinski definition) is 2. The van der Waals surface area contributed by atoms with Crippen LogP contribution in [-0.2, 0) is 13.6 Å². The summed E-state index contributed by atoms with van der Waals surface area (Å²) in [5.74, 6) is 0. The fourth-order valence-corrected chi connectivity index (χ4v) is 2.17. The number of rotatable bonds is 4. The van der Waals surface area contributed by atoms with Gasteiger partial charge in [0, 0.05) is 19.6 Å². The highest BCUT2D eigenvalue weighted by molar-refractivity contribution is 9.10. The molecule has 0 amide bonds. The van der Waals surface area contributed by atoms with E-state index in [1.165, 1.54) is 5.69 Å². The molecule has 1 aromatic rings. The van der Waals surface area contributed by atoms with Gasteiger partial charge in [0.15, 0.2) is 0 Å². The first-order valence-corrected chi connectivity index (χ1v) is 6.18. The molecule has 0 saturated carbocycles. The Kier molecular flexibility index (Phi) is 4.34. The van der Waals surface area contributed by atoms with Crippen molar-refractivity contribution in [3.05, 3.63) is 15.9 Å². The van der Waals surface area contributed by atoms with Gasteiger partial charge in [0.2, 0.25) is 0 Å². The Bertz CT molecular complexity index is 331. The maximum Gasteiger partial charge on any atom is 0.0739 e. The van der Waals surface area contributed by atoms with Crippen LogP contribution in [0.15, 0.2) is 4.47 Å². The molecule has 0 bridgehead atoms. The summed E-state index contributed by atoms with van der Waals surface area (Å²) >= 11 is 3.60. The van der Waals surface area contributed by atoms with Crippen LogP contribution in [-0.4, -0.2) is 27.3 Å². The maximum absolute atomic E-state index is 4.40. The van der Waals surface area contributed by atoms with Crippen molar-refractivity contribution < 1.29 is 0 Å². The van der Waals surface area contributed by atoms with E-state index in [0.29, 0.717) is 6.04 Å². The minimum atomic E-state index is 0.567. The van der Waals surface area contributed by atoms with E-state index in [9.17, 15) is 0 Å². The molecule has 3 nitrogen and oxygen atoms in total. The van der Waals surface area contributed by atoms with Gasteiger partial charge in [0.25, 0.3) is 0 Å². The highest BCUT2D eigenvalue weighted by Crippen LogP contribution is 2.22. The zero-order valence-corrected chi connectivity index (χ0v) is 11.8. The molecule has 0 spiro atoms. The van der Waals surface area contributed by atoms with Gasteiger partial charge in [0.05, 0.1) is 15.9 Å². The molecule has 0 unspecified atom stereocenters. The molecule has 1 aromatic heterocycles. The van der Waals surface area contributed by atoms with Crippen molar-refractivity contribution in [3.63, 3.8) is 0 Å². The fraction of sp³-hybridized carbons (Fsp3) is 0.727. The van der Waals surface area contributed by atoms with Crippen LogP contribution in [0.5, 0.6) is 0 Å². The third-order valence-corrected chi connectivity index (χ3v) is 3.78. The summed E-state index contributed by atoms with van der Waals surface area (Å²) in [7, 11) is 2.00. The van der Waals surface area contributed by atoms with E-state index in [1.54, 1.807) is 0 Å². The molecule has 0 atom stereocenters. The second-order valence-electron chi connectivity index (χ2n) is 4.13. The van der Waals surface area contributed by atoms with Crippen molar-refractivity contribution in [1.29, 1.82) is 0 Å². The Labute approximate surface area is 101 Å².